The van der Waals surface area contributed by atoms with E-state index in [1.165, 1.54) is 5.56 Å². The van der Waals surface area contributed by atoms with E-state index in [2.05, 4.69) is 22.1 Å². The van der Waals surface area contributed by atoms with Crippen LogP contribution in [-0.4, -0.2) is 54.1 Å². The molecule has 1 aliphatic rings. The van der Waals surface area contributed by atoms with Gasteiger partial charge < -0.3 is 9.47 Å². The van der Waals surface area contributed by atoms with Crippen LogP contribution < -0.4 is 4.74 Å². The quantitative estimate of drug-likeness (QED) is 0.810. The summed E-state index contributed by atoms with van der Waals surface area (Å²) in [6, 6.07) is 10.2. The largest absolute Gasteiger partial charge is 0.492 e. The first-order valence-electron chi connectivity index (χ1n) is 7.39. The molecule has 5 heteroatoms. The molecule has 0 aliphatic carbocycles. The number of nitrogens with zero attached hydrogens (tertiary/aromatic N) is 3. The molecule has 0 saturated carbocycles. The van der Waals surface area contributed by atoms with E-state index in [1.807, 2.05) is 29.1 Å². The SMILES string of the molecule is c1cnn(Cc2ccc(OCCN3CCOCC3)cc2)c1. The summed E-state index contributed by atoms with van der Waals surface area (Å²) in [6.07, 6.45) is 3.76. The van der Waals surface area contributed by atoms with Crippen molar-refractivity contribution in [2.24, 2.45) is 0 Å². The maximum absolute atomic E-state index is 5.79. The highest BCUT2D eigenvalue weighted by Crippen LogP contribution is 2.13. The molecule has 0 atom stereocenters. The number of hydrogen-bond acceptors (Lipinski definition) is 4. The van der Waals surface area contributed by atoms with E-state index in [4.69, 9.17) is 9.47 Å². The molecule has 5 nitrogen and oxygen atoms in total. The molecule has 0 radical (unpaired) electrons. The molecule has 1 aromatic heterocycles. The topological polar surface area (TPSA) is 39.5 Å². The molecular formula is C16H21N3O2. The summed E-state index contributed by atoms with van der Waals surface area (Å²) in [5, 5.41) is 4.20. The molecule has 1 aliphatic heterocycles. The van der Waals surface area contributed by atoms with Gasteiger partial charge in [-0.3, -0.25) is 9.58 Å². The normalized spacial score (nSPS) is 16.0. The van der Waals surface area contributed by atoms with Gasteiger partial charge in [0, 0.05) is 32.0 Å². The van der Waals surface area contributed by atoms with E-state index < -0.39 is 0 Å². The van der Waals surface area contributed by atoms with E-state index in [-0.39, 0.29) is 0 Å². The monoisotopic (exact) mass is 287 g/mol. The predicted molar refractivity (Wildman–Crippen MR) is 80.5 cm³/mol. The van der Waals surface area contributed by atoms with Gasteiger partial charge in [-0.05, 0) is 23.8 Å². The Kier molecular flexibility index (Phi) is 4.86. The highest BCUT2D eigenvalue weighted by atomic mass is 16.5. The van der Waals surface area contributed by atoms with Crippen LogP contribution in [0.3, 0.4) is 0 Å². The molecule has 0 unspecified atom stereocenters. The van der Waals surface area contributed by atoms with Crippen molar-refractivity contribution in [2.75, 3.05) is 39.5 Å². The Morgan fingerprint density at radius 1 is 1.14 bits per heavy atom. The summed E-state index contributed by atoms with van der Waals surface area (Å²) in [5.74, 6) is 0.924. The molecule has 1 saturated heterocycles. The second-order valence-corrected chi connectivity index (χ2v) is 5.15. The Morgan fingerprint density at radius 2 is 1.95 bits per heavy atom. The minimum absolute atomic E-state index is 0.721. The first kappa shape index (κ1) is 14.1. The maximum atomic E-state index is 5.79. The highest BCUT2D eigenvalue weighted by Gasteiger charge is 2.09. The third-order valence-electron chi connectivity index (χ3n) is 3.61. The lowest BCUT2D eigenvalue weighted by Crippen LogP contribution is -2.38. The summed E-state index contributed by atoms with van der Waals surface area (Å²) >= 11 is 0. The first-order valence-corrected chi connectivity index (χ1v) is 7.39. The Bertz CT molecular complexity index is 519. The lowest BCUT2D eigenvalue weighted by atomic mass is 10.2. The molecule has 1 fully saturated rings. The van der Waals surface area contributed by atoms with E-state index in [0.717, 1.165) is 51.7 Å². The van der Waals surface area contributed by atoms with Gasteiger partial charge in [-0.15, -0.1) is 0 Å². The molecular weight excluding hydrogens is 266 g/mol. The lowest BCUT2D eigenvalue weighted by Gasteiger charge is -2.26. The zero-order valence-electron chi connectivity index (χ0n) is 12.1. The Balaban J connectivity index is 1.43. The fourth-order valence-electron chi connectivity index (χ4n) is 2.39. The maximum Gasteiger partial charge on any atom is 0.119 e. The van der Waals surface area contributed by atoms with Crippen molar-refractivity contribution >= 4 is 0 Å². The second-order valence-electron chi connectivity index (χ2n) is 5.15. The van der Waals surface area contributed by atoms with Crippen LogP contribution >= 0.6 is 0 Å². The number of morpholine rings is 1. The van der Waals surface area contributed by atoms with E-state index in [0.29, 0.717) is 0 Å². The molecule has 2 aromatic rings. The van der Waals surface area contributed by atoms with Crippen LogP contribution in [0.25, 0.3) is 0 Å². The molecule has 3 rings (SSSR count). The number of rotatable bonds is 6. The van der Waals surface area contributed by atoms with Crippen molar-refractivity contribution in [3.05, 3.63) is 48.3 Å². The van der Waals surface area contributed by atoms with E-state index in [1.54, 1.807) is 6.20 Å². The lowest BCUT2D eigenvalue weighted by molar-refractivity contribution is 0.0322. The van der Waals surface area contributed by atoms with Crippen LogP contribution in [-0.2, 0) is 11.3 Å². The summed E-state index contributed by atoms with van der Waals surface area (Å²) in [6.45, 7) is 6.15. The summed E-state index contributed by atoms with van der Waals surface area (Å²) in [4.78, 5) is 2.37. The Hall–Kier alpha value is -1.85. The fraction of sp³-hybridized carbons (Fsp3) is 0.438. The third kappa shape index (κ3) is 4.31. The zero-order chi connectivity index (χ0) is 14.3. The Morgan fingerprint density at radius 3 is 2.67 bits per heavy atom. The fourth-order valence-corrected chi connectivity index (χ4v) is 2.39. The molecule has 1 aromatic carbocycles. The van der Waals surface area contributed by atoms with Crippen LogP contribution in [0.15, 0.2) is 42.7 Å². The van der Waals surface area contributed by atoms with Gasteiger partial charge in [-0.1, -0.05) is 12.1 Å². The van der Waals surface area contributed by atoms with Crippen molar-refractivity contribution in [2.45, 2.75) is 6.54 Å². The molecule has 0 bridgehead atoms. The number of ether oxygens (including phenoxy) is 2. The average Bonchev–Trinajstić information content (AvgIpc) is 3.03. The van der Waals surface area contributed by atoms with E-state index in [9.17, 15) is 0 Å². The van der Waals surface area contributed by atoms with Gasteiger partial charge in [0.15, 0.2) is 0 Å². The average molecular weight is 287 g/mol. The van der Waals surface area contributed by atoms with E-state index >= 15 is 0 Å². The van der Waals surface area contributed by atoms with Crippen LogP contribution in [0.2, 0.25) is 0 Å². The van der Waals surface area contributed by atoms with Crippen molar-refractivity contribution < 1.29 is 9.47 Å². The molecule has 2 heterocycles. The van der Waals surface area contributed by atoms with Gasteiger partial charge in [0.25, 0.3) is 0 Å². The zero-order valence-corrected chi connectivity index (χ0v) is 12.1. The molecule has 21 heavy (non-hydrogen) atoms. The van der Waals surface area contributed by atoms with Crippen LogP contribution in [0.4, 0.5) is 0 Å². The van der Waals surface area contributed by atoms with Crippen molar-refractivity contribution in [1.29, 1.82) is 0 Å². The van der Waals surface area contributed by atoms with Gasteiger partial charge in [0.05, 0.1) is 19.8 Å². The first-order chi connectivity index (χ1) is 10.4. The number of benzene rings is 1. The van der Waals surface area contributed by atoms with Gasteiger partial charge >= 0.3 is 0 Å². The van der Waals surface area contributed by atoms with Gasteiger partial charge in [0.1, 0.15) is 12.4 Å². The number of hydrogen-bond donors (Lipinski definition) is 0. The second kappa shape index (κ2) is 7.24. The standard InChI is InChI=1S/C16H21N3O2/c1-6-17-19(7-1)14-15-2-4-16(5-3-15)21-13-10-18-8-11-20-12-9-18/h1-7H,8-14H2. The van der Waals surface area contributed by atoms with Gasteiger partial charge in [-0.2, -0.15) is 5.10 Å². The highest BCUT2D eigenvalue weighted by molar-refractivity contribution is 5.27. The van der Waals surface area contributed by atoms with Crippen LogP contribution in [0, 0.1) is 0 Å². The number of aromatic nitrogens is 2. The minimum atomic E-state index is 0.721. The molecule has 0 amide bonds. The van der Waals surface area contributed by atoms with Crippen LogP contribution in [0.5, 0.6) is 5.75 Å². The summed E-state index contributed by atoms with van der Waals surface area (Å²) in [5.41, 5.74) is 1.22. The predicted octanol–water partition coefficient (Wildman–Crippen LogP) is 1.64. The Labute approximate surface area is 125 Å². The molecule has 0 spiro atoms. The minimum Gasteiger partial charge on any atom is -0.492 e. The summed E-state index contributed by atoms with van der Waals surface area (Å²) < 4.78 is 13.0. The van der Waals surface area contributed by atoms with Crippen molar-refractivity contribution in [1.82, 2.24) is 14.7 Å². The third-order valence-corrected chi connectivity index (χ3v) is 3.61. The van der Waals surface area contributed by atoms with Crippen molar-refractivity contribution in [3.63, 3.8) is 0 Å². The van der Waals surface area contributed by atoms with Gasteiger partial charge in [-0.25, -0.2) is 0 Å². The smallest absolute Gasteiger partial charge is 0.119 e. The molecule has 112 valence electrons. The van der Waals surface area contributed by atoms with Crippen molar-refractivity contribution in [3.8, 4) is 5.75 Å². The molecule has 0 N–H and O–H groups in total. The van der Waals surface area contributed by atoms with Gasteiger partial charge in [0.2, 0.25) is 0 Å². The summed E-state index contributed by atoms with van der Waals surface area (Å²) in [7, 11) is 0. The van der Waals surface area contributed by atoms with Crippen LogP contribution in [0.1, 0.15) is 5.56 Å².